The lowest BCUT2D eigenvalue weighted by Gasteiger charge is -2.12. The highest BCUT2D eigenvalue weighted by molar-refractivity contribution is 6.04. The third-order valence-electron chi connectivity index (χ3n) is 5.22. The highest BCUT2D eigenvalue weighted by Crippen LogP contribution is 2.25. The number of halogens is 2. The lowest BCUT2D eigenvalue weighted by atomic mass is 10.1. The molecule has 9 nitrogen and oxygen atoms in total. The molecule has 0 spiro atoms. The van der Waals surface area contributed by atoms with Crippen LogP contribution < -0.4 is 21.5 Å². The molecule has 0 bridgehead atoms. The summed E-state index contributed by atoms with van der Waals surface area (Å²) in [7, 11) is 0. The van der Waals surface area contributed by atoms with E-state index in [1.165, 1.54) is 12.3 Å². The first-order valence-corrected chi connectivity index (χ1v) is 10.9. The standard InChI is InChI=1S/C25H21F2N5O4/c26-19-6-1-14(12-20(19)27)24(35)31-17-4-2-16(3-5-17)30-21-7-8-29-23-18(21)11-15(25(36)32-23)13-22(34)28-9-10-33/h1-8,11-12,33H,9-10,13H2,(H,28,34)(H,31,35)(H2,29,30,32,36). The molecule has 2 aromatic heterocycles. The van der Waals surface area contributed by atoms with Gasteiger partial charge in [0.15, 0.2) is 11.6 Å². The number of carbonyl (C=O) groups excluding carboxylic acids is 2. The fourth-order valence-corrected chi connectivity index (χ4v) is 3.45. The van der Waals surface area contributed by atoms with Crippen molar-refractivity contribution in [2.75, 3.05) is 23.8 Å². The van der Waals surface area contributed by atoms with Crippen LogP contribution in [-0.2, 0) is 11.2 Å². The van der Waals surface area contributed by atoms with Gasteiger partial charge in [0, 0.05) is 40.6 Å². The Labute approximate surface area is 203 Å². The first-order valence-electron chi connectivity index (χ1n) is 10.9. The largest absolute Gasteiger partial charge is 0.395 e. The summed E-state index contributed by atoms with van der Waals surface area (Å²) in [4.78, 5) is 43.5. The molecule has 0 saturated carbocycles. The molecule has 0 radical (unpaired) electrons. The number of nitrogens with one attached hydrogen (secondary N) is 4. The number of hydrogen-bond donors (Lipinski definition) is 5. The number of H-pyrrole nitrogens is 1. The summed E-state index contributed by atoms with van der Waals surface area (Å²) in [6.07, 6.45) is 1.36. The van der Waals surface area contributed by atoms with Crippen molar-refractivity contribution >= 4 is 39.9 Å². The van der Waals surface area contributed by atoms with Crippen LogP contribution in [0, 0.1) is 11.6 Å². The van der Waals surface area contributed by atoms with Crippen LogP contribution >= 0.6 is 0 Å². The zero-order valence-corrected chi connectivity index (χ0v) is 18.8. The van der Waals surface area contributed by atoms with Gasteiger partial charge in [0.1, 0.15) is 5.65 Å². The average Bonchev–Trinajstić information content (AvgIpc) is 2.86. The van der Waals surface area contributed by atoms with E-state index in [0.29, 0.717) is 28.1 Å². The van der Waals surface area contributed by atoms with Gasteiger partial charge in [-0.2, -0.15) is 0 Å². The predicted octanol–water partition coefficient (Wildman–Crippen LogP) is 2.85. The fourth-order valence-electron chi connectivity index (χ4n) is 3.45. The summed E-state index contributed by atoms with van der Waals surface area (Å²) in [6.45, 7) is -0.110. The number of pyridine rings is 2. The topological polar surface area (TPSA) is 136 Å². The quantitative estimate of drug-likeness (QED) is 0.256. The summed E-state index contributed by atoms with van der Waals surface area (Å²) in [5, 5.41) is 17.7. The highest BCUT2D eigenvalue weighted by atomic mass is 19.2. The number of amides is 2. The molecule has 184 valence electrons. The summed E-state index contributed by atoms with van der Waals surface area (Å²) in [6, 6.07) is 12.8. The van der Waals surface area contributed by atoms with Crippen molar-refractivity contribution in [3.05, 3.63) is 93.9 Å². The Kier molecular flexibility index (Phi) is 7.31. The molecular weight excluding hydrogens is 472 g/mol. The highest BCUT2D eigenvalue weighted by Gasteiger charge is 2.12. The van der Waals surface area contributed by atoms with Crippen molar-refractivity contribution in [3.63, 3.8) is 0 Å². The van der Waals surface area contributed by atoms with Crippen LogP contribution in [0.2, 0.25) is 0 Å². The van der Waals surface area contributed by atoms with Crippen molar-refractivity contribution in [2.45, 2.75) is 6.42 Å². The molecule has 2 amide bonds. The Morgan fingerprint density at radius 2 is 1.72 bits per heavy atom. The number of aromatic nitrogens is 2. The third-order valence-corrected chi connectivity index (χ3v) is 5.22. The number of rotatable bonds is 8. The molecule has 0 aliphatic heterocycles. The van der Waals surface area contributed by atoms with E-state index in [9.17, 15) is 23.2 Å². The van der Waals surface area contributed by atoms with Crippen molar-refractivity contribution in [1.82, 2.24) is 15.3 Å². The minimum absolute atomic E-state index is 0.0193. The third kappa shape index (κ3) is 5.70. The van der Waals surface area contributed by atoms with Crippen molar-refractivity contribution in [2.24, 2.45) is 0 Å². The van der Waals surface area contributed by atoms with Crippen molar-refractivity contribution < 1.29 is 23.5 Å². The SMILES string of the molecule is O=C(Cc1cc2c(Nc3ccc(NC(=O)c4ccc(F)c(F)c4)cc3)ccnc2[nH]c1=O)NCCO. The van der Waals surface area contributed by atoms with Gasteiger partial charge in [-0.3, -0.25) is 14.4 Å². The van der Waals surface area contributed by atoms with E-state index in [1.807, 2.05) is 0 Å². The molecule has 0 unspecified atom stereocenters. The smallest absolute Gasteiger partial charge is 0.255 e. The molecule has 4 rings (SSSR count). The molecule has 5 N–H and O–H groups in total. The van der Waals surface area contributed by atoms with Crippen molar-refractivity contribution in [3.8, 4) is 0 Å². The Morgan fingerprint density at radius 3 is 2.44 bits per heavy atom. The lowest BCUT2D eigenvalue weighted by molar-refractivity contribution is -0.120. The Hall–Kier alpha value is -4.64. The number of hydrogen-bond acceptors (Lipinski definition) is 6. The molecule has 2 aromatic carbocycles. The maximum Gasteiger partial charge on any atom is 0.255 e. The zero-order chi connectivity index (χ0) is 25.7. The summed E-state index contributed by atoms with van der Waals surface area (Å²) in [5.41, 5.74) is 1.83. The molecule has 2 heterocycles. The fraction of sp³-hybridized carbons (Fsp3) is 0.120. The number of nitrogens with zero attached hydrogens (tertiary/aromatic N) is 1. The first-order chi connectivity index (χ1) is 17.3. The number of carbonyl (C=O) groups is 2. The predicted molar refractivity (Wildman–Crippen MR) is 130 cm³/mol. The van der Waals surface area contributed by atoms with Gasteiger partial charge in [-0.15, -0.1) is 0 Å². The first kappa shape index (κ1) is 24.5. The Morgan fingerprint density at radius 1 is 0.972 bits per heavy atom. The molecule has 0 aliphatic rings. The molecule has 4 aromatic rings. The molecule has 0 aliphatic carbocycles. The van der Waals surface area contributed by atoms with E-state index in [1.54, 1.807) is 36.4 Å². The van der Waals surface area contributed by atoms with E-state index in [2.05, 4.69) is 25.9 Å². The minimum Gasteiger partial charge on any atom is -0.395 e. The van der Waals surface area contributed by atoms with Gasteiger partial charge in [0.05, 0.1) is 18.7 Å². The van der Waals surface area contributed by atoms with Crippen LogP contribution in [0.1, 0.15) is 15.9 Å². The van der Waals surface area contributed by atoms with Gasteiger partial charge in [-0.1, -0.05) is 0 Å². The second kappa shape index (κ2) is 10.7. The van der Waals surface area contributed by atoms with E-state index < -0.39 is 29.0 Å². The summed E-state index contributed by atoms with van der Waals surface area (Å²) in [5.74, 6) is -3.13. The second-order valence-electron chi connectivity index (χ2n) is 7.78. The van der Waals surface area contributed by atoms with Crippen LogP contribution in [0.4, 0.5) is 25.8 Å². The van der Waals surface area contributed by atoms with Crippen LogP contribution in [0.15, 0.2) is 65.6 Å². The number of aliphatic hydroxyl groups is 1. The second-order valence-corrected chi connectivity index (χ2v) is 7.78. The number of aromatic amines is 1. The normalized spacial score (nSPS) is 10.8. The summed E-state index contributed by atoms with van der Waals surface area (Å²) >= 11 is 0. The van der Waals surface area contributed by atoms with Crippen LogP contribution in [-0.4, -0.2) is 40.0 Å². The average molecular weight is 493 g/mol. The van der Waals surface area contributed by atoms with Crippen LogP contribution in [0.5, 0.6) is 0 Å². The van der Waals surface area contributed by atoms with E-state index in [0.717, 1.165) is 12.1 Å². The molecule has 0 atom stereocenters. The summed E-state index contributed by atoms with van der Waals surface area (Å²) < 4.78 is 26.5. The van der Waals surface area contributed by atoms with Crippen LogP contribution in [0.3, 0.4) is 0 Å². The van der Waals surface area contributed by atoms with Crippen LogP contribution in [0.25, 0.3) is 11.0 Å². The Balaban J connectivity index is 1.51. The molecule has 0 saturated heterocycles. The molecule has 11 heteroatoms. The minimum atomic E-state index is -1.11. The van der Waals surface area contributed by atoms with Gasteiger partial charge < -0.3 is 26.0 Å². The Bertz CT molecular complexity index is 1490. The van der Waals surface area contributed by atoms with Gasteiger partial charge in [-0.05, 0) is 54.6 Å². The number of benzene rings is 2. The molecular formula is C25H21F2N5O4. The molecule has 36 heavy (non-hydrogen) atoms. The lowest BCUT2D eigenvalue weighted by Crippen LogP contribution is -2.30. The van der Waals surface area contributed by atoms with Gasteiger partial charge in [0.2, 0.25) is 5.91 Å². The maximum absolute atomic E-state index is 13.4. The number of aliphatic hydroxyl groups excluding tert-OH is 1. The van der Waals surface area contributed by atoms with Gasteiger partial charge in [-0.25, -0.2) is 13.8 Å². The van der Waals surface area contributed by atoms with Gasteiger partial charge >= 0.3 is 0 Å². The van der Waals surface area contributed by atoms with E-state index >= 15 is 0 Å². The zero-order valence-electron chi connectivity index (χ0n) is 18.8. The molecule has 0 fully saturated rings. The van der Waals surface area contributed by atoms with Crippen molar-refractivity contribution in [1.29, 1.82) is 0 Å². The number of anilines is 3. The monoisotopic (exact) mass is 493 g/mol. The van der Waals surface area contributed by atoms with E-state index in [4.69, 9.17) is 5.11 Å². The van der Waals surface area contributed by atoms with E-state index in [-0.39, 0.29) is 30.7 Å². The number of fused-ring (bicyclic) bond motifs is 1. The van der Waals surface area contributed by atoms with Gasteiger partial charge in [0.25, 0.3) is 11.5 Å². The maximum atomic E-state index is 13.4.